The SMILES string of the molecule is Cc1n[nH]c(C)c1CCC(=O)N(C)C(C)CC(=O)O. The predicted octanol–water partition coefficient (Wildman–Crippen LogP) is 1.28. The van der Waals surface area contributed by atoms with Crippen molar-refractivity contribution in [2.24, 2.45) is 0 Å². The molecule has 0 saturated carbocycles. The molecule has 1 unspecified atom stereocenters. The van der Waals surface area contributed by atoms with Gasteiger partial charge in [0.2, 0.25) is 5.91 Å². The van der Waals surface area contributed by atoms with Crippen molar-refractivity contribution in [1.29, 1.82) is 0 Å². The summed E-state index contributed by atoms with van der Waals surface area (Å²) in [6.45, 7) is 5.57. The van der Waals surface area contributed by atoms with E-state index < -0.39 is 5.97 Å². The summed E-state index contributed by atoms with van der Waals surface area (Å²) >= 11 is 0. The van der Waals surface area contributed by atoms with Gasteiger partial charge in [-0.25, -0.2) is 0 Å². The van der Waals surface area contributed by atoms with Crippen LogP contribution in [-0.4, -0.2) is 45.2 Å². The molecule has 1 rings (SSSR count). The molecule has 0 saturated heterocycles. The highest BCUT2D eigenvalue weighted by Gasteiger charge is 2.18. The van der Waals surface area contributed by atoms with Gasteiger partial charge in [0, 0.05) is 25.2 Å². The molecule has 6 heteroatoms. The molecule has 1 amide bonds. The Balaban J connectivity index is 2.53. The van der Waals surface area contributed by atoms with Crippen LogP contribution in [0.2, 0.25) is 0 Å². The summed E-state index contributed by atoms with van der Waals surface area (Å²) in [4.78, 5) is 24.1. The lowest BCUT2D eigenvalue weighted by Gasteiger charge is -2.23. The molecule has 1 atom stereocenters. The van der Waals surface area contributed by atoms with Gasteiger partial charge in [-0.1, -0.05) is 0 Å². The van der Waals surface area contributed by atoms with Crippen molar-refractivity contribution in [2.75, 3.05) is 7.05 Å². The number of hydrogen-bond donors (Lipinski definition) is 2. The molecule has 0 bridgehead atoms. The molecule has 106 valence electrons. The van der Waals surface area contributed by atoms with Crippen LogP contribution in [0.25, 0.3) is 0 Å². The number of carboxylic acid groups (broad SMARTS) is 1. The van der Waals surface area contributed by atoms with Gasteiger partial charge in [-0.05, 0) is 32.8 Å². The third-order valence-electron chi connectivity index (χ3n) is 3.39. The van der Waals surface area contributed by atoms with Gasteiger partial charge in [0.15, 0.2) is 0 Å². The van der Waals surface area contributed by atoms with E-state index in [1.54, 1.807) is 14.0 Å². The van der Waals surface area contributed by atoms with E-state index in [0.717, 1.165) is 17.0 Å². The van der Waals surface area contributed by atoms with E-state index in [2.05, 4.69) is 10.2 Å². The standard InChI is InChI=1S/C13H21N3O3/c1-8(7-13(18)19)16(4)12(17)6-5-11-9(2)14-15-10(11)3/h8H,5-7H2,1-4H3,(H,14,15)(H,18,19). The van der Waals surface area contributed by atoms with E-state index in [1.807, 2.05) is 13.8 Å². The fourth-order valence-electron chi connectivity index (χ4n) is 1.99. The highest BCUT2D eigenvalue weighted by atomic mass is 16.4. The quantitative estimate of drug-likeness (QED) is 0.813. The minimum absolute atomic E-state index is 0.0357. The first-order valence-corrected chi connectivity index (χ1v) is 6.30. The number of aromatic nitrogens is 2. The number of aliphatic carboxylic acids is 1. The molecule has 0 aliphatic heterocycles. The minimum atomic E-state index is -0.895. The molecule has 0 aromatic carbocycles. The van der Waals surface area contributed by atoms with E-state index in [1.165, 1.54) is 4.90 Å². The average Bonchev–Trinajstić information content (AvgIpc) is 2.64. The maximum atomic E-state index is 12.0. The molecule has 0 aliphatic carbocycles. The van der Waals surface area contributed by atoms with E-state index in [0.29, 0.717) is 12.8 Å². The molecule has 0 spiro atoms. The number of nitrogens with zero attached hydrogens (tertiary/aromatic N) is 2. The van der Waals surface area contributed by atoms with E-state index in [9.17, 15) is 9.59 Å². The largest absolute Gasteiger partial charge is 0.481 e. The fraction of sp³-hybridized carbons (Fsp3) is 0.615. The lowest BCUT2D eigenvalue weighted by molar-refractivity contribution is -0.139. The number of carbonyl (C=O) groups is 2. The van der Waals surface area contributed by atoms with Crippen molar-refractivity contribution < 1.29 is 14.7 Å². The van der Waals surface area contributed by atoms with Crippen molar-refractivity contribution in [3.8, 4) is 0 Å². The summed E-state index contributed by atoms with van der Waals surface area (Å²) in [5.41, 5.74) is 2.95. The van der Waals surface area contributed by atoms with Crippen LogP contribution in [0.15, 0.2) is 0 Å². The minimum Gasteiger partial charge on any atom is -0.481 e. The number of H-pyrrole nitrogens is 1. The molecule has 1 aromatic heterocycles. The Labute approximate surface area is 112 Å². The van der Waals surface area contributed by atoms with Gasteiger partial charge >= 0.3 is 5.97 Å². The Morgan fingerprint density at radius 2 is 2.05 bits per heavy atom. The predicted molar refractivity (Wildman–Crippen MR) is 70.9 cm³/mol. The van der Waals surface area contributed by atoms with Gasteiger partial charge in [-0.15, -0.1) is 0 Å². The van der Waals surface area contributed by atoms with Gasteiger partial charge in [0.1, 0.15) is 0 Å². The zero-order chi connectivity index (χ0) is 14.6. The van der Waals surface area contributed by atoms with Crippen LogP contribution in [0.5, 0.6) is 0 Å². The van der Waals surface area contributed by atoms with Crippen LogP contribution in [-0.2, 0) is 16.0 Å². The summed E-state index contributed by atoms with van der Waals surface area (Å²) < 4.78 is 0. The molecule has 1 heterocycles. The third-order valence-corrected chi connectivity index (χ3v) is 3.39. The van der Waals surface area contributed by atoms with Gasteiger partial charge < -0.3 is 10.0 Å². The van der Waals surface area contributed by atoms with Gasteiger partial charge in [-0.2, -0.15) is 5.10 Å². The lowest BCUT2D eigenvalue weighted by atomic mass is 10.1. The Hall–Kier alpha value is -1.85. The molecule has 0 radical (unpaired) electrons. The van der Waals surface area contributed by atoms with Crippen LogP contribution in [0, 0.1) is 13.8 Å². The number of carbonyl (C=O) groups excluding carboxylic acids is 1. The van der Waals surface area contributed by atoms with Crippen LogP contribution in [0.4, 0.5) is 0 Å². The fourth-order valence-corrected chi connectivity index (χ4v) is 1.99. The molecular weight excluding hydrogens is 246 g/mol. The number of amides is 1. The molecular formula is C13H21N3O3. The summed E-state index contributed by atoms with van der Waals surface area (Å²) in [5, 5.41) is 15.7. The zero-order valence-corrected chi connectivity index (χ0v) is 11.9. The van der Waals surface area contributed by atoms with Crippen LogP contribution in [0.3, 0.4) is 0 Å². The number of nitrogens with one attached hydrogen (secondary N) is 1. The average molecular weight is 267 g/mol. The normalized spacial score (nSPS) is 12.2. The number of carboxylic acids is 1. The molecule has 0 aliphatic rings. The van der Waals surface area contributed by atoms with Gasteiger partial charge in [0.25, 0.3) is 0 Å². The topological polar surface area (TPSA) is 86.3 Å². The first kappa shape index (κ1) is 15.2. The van der Waals surface area contributed by atoms with Crippen molar-refractivity contribution in [2.45, 2.75) is 46.1 Å². The molecule has 19 heavy (non-hydrogen) atoms. The summed E-state index contributed by atoms with van der Waals surface area (Å²) in [5.74, 6) is -0.942. The molecule has 6 nitrogen and oxygen atoms in total. The maximum absolute atomic E-state index is 12.0. The third kappa shape index (κ3) is 4.08. The monoisotopic (exact) mass is 267 g/mol. The molecule has 2 N–H and O–H groups in total. The van der Waals surface area contributed by atoms with Crippen molar-refractivity contribution in [3.63, 3.8) is 0 Å². The Morgan fingerprint density at radius 3 is 2.53 bits per heavy atom. The number of hydrogen-bond acceptors (Lipinski definition) is 3. The van der Waals surface area contributed by atoms with Gasteiger partial charge in [0.05, 0.1) is 12.1 Å². The van der Waals surface area contributed by atoms with Gasteiger partial charge in [-0.3, -0.25) is 14.7 Å². The van der Waals surface area contributed by atoms with E-state index >= 15 is 0 Å². The van der Waals surface area contributed by atoms with Crippen molar-refractivity contribution >= 4 is 11.9 Å². The first-order chi connectivity index (χ1) is 8.82. The summed E-state index contributed by atoms with van der Waals surface area (Å²) in [6, 6.07) is -0.295. The Kier molecular flexibility index (Phi) is 5.09. The van der Waals surface area contributed by atoms with Crippen LogP contribution >= 0.6 is 0 Å². The Morgan fingerprint density at radius 1 is 1.42 bits per heavy atom. The van der Waals surface area contributed by atoms with Crippen LogP contribution < -0.4 is 0 Å². The molecule has 0 fully saturated rings. The number of rotatable bonds is 6. The smallest absolute Gasteiger partial charge is 0.305 e. The highest BCUT2D eigenvalue weighted by Crippen LogP contribution is 2.13. The Bertz CT molecular complexity index is 448. The maximum Gasteiger partial charge on any atom is 0.305 e. The summed E-state index contributed by atoms with van der Waals surface area (Å²) in [6.07, 6.45) is 0.949. The molecule has 1 aromatic rings. The first-order valence-electron chi connectivity index (χ1n) is 6.30. The van der Waals surface area contributed by atoms with Crippen molar-refractivity contribution in [1.82, 2.24) is 15.1 Å². The second-order valence-corrected chi connectivity index (χ2v) is 4.86. The van der Waals surface area contributed by atoms with Crippen LogP contribution in [0.1, 0.15) is 36.7 Å². The second-order valence-electron chi connectivity index (χ2n) is 4.86. The highest BCUT2D eigenvalue weighted by molar-refractivity contribution is 5.77. The zero-order valence-electron chi connectivity index (χ0n) is 11.9. The number of aromatic amines is 1. The number of aryl methyl sites for hydroxylation is 2. The van der Waals surface area contributed by atoms with Crippen molar-refractivity contribution in [3.05, 3.63) is 17.0 Å². The second kappa shape index (κ2) is 6.36. The van der Waals surface area contributed by atoms with E-state index in [4.69, 9.17) is 5.11 Å². The lowest BCUT2D eigenvalue weighted by Crippen LogP contribution is -2.36. The summed E-state index contributed by atoms with van der Waals surface area (Å²) in [7, 11) is 1.64. The van der Waals surface area contributed by atoms with E-state index in [-0.39, 0.29) is 18.4 Å².